The maximum absolute atomic E-state index is 5.99. The van der Waals surface area contributed by atoms with Gasteiger partial charge in [0.1, 0.15) is 5.51 Å². The summed E-state index contributed by atoms with van der Waals surface area (Å²) in [5, 5.41) is 13.6. The van der Waals surface area contributed by atoms with Crippen LogP contribution in [0.3, 0.4) is 0 Å². The molecule has 1 spiro atoms. The van der Waals surface area contributed by atoms with Gasteiger partial charge in [0.2, 0.25) is 5.13 Å². The average molecular weight is 348 g/mol. The van der Waals surface area contributed by atoms with E-state index >= 15 is 0 Å². The van der Waals surface area contributed by atoms with Gasteiger partial charge in [-0.2, -0.15) is 5.10 Å². The Bertz CT molecular complexity index is 659. The van der Waals surface area contributed by atoms with Crippen LogP contribution >= 0.6 is 11.3 Å². The first-order chi connectivity index (χ1) is 11.7. The fraction of sp³-hybridized carbons (Fsp3) is 0.688. The largest absolute Gasteiger partial charge is 0.379 e. The molecule has 4 heterocycles. The summed E-state index contributed by atoms with van der Waals surface area (Å²) in [5.41, 5.74) is 3.27. The van der Waals surface area contributed by atoms with Crippen molar-refractivity contribution >= 4 is 16.5 Å². The van der Waals surface area contributed by atoms with Crippen molar-refractivity contribution in [2.75, 3.05) is 44.3 Å². The number of likely N-dealkylation sites (tertiary alicyclic amines) is 1. The van der Waals surface area contributed by atoms with Crippen LogP contribution in [-0.4, -0.2) is 64.3 Å². The monoisotopic (exact) mass is 348 g/mol. The maximum Gasteiger partial charge on any atom is 0.208 e. The molecule has 24 heavy (non-hydrogen) atoms. The first-order valence-corrected chi connectivity index (χ1v) is 9.39. The average Bonchev–Trinajstić information content (AvgIpc) is 3.19. The summed E-state index contributed by atoms with van der Waals surface area (Å²) in [4.78, 5) is 4.91. The van der Waals surface area contributed by atoms with Gasteiger partial charge in [0.25, 0.3) is 0 Å². The van der Waals surface area contributed by atoms with Crippen LogP contribution in [0.15, 0.2) is 17.9 Å². The minimum atomic E-state index is 0.183. The van der Waals surface area contributed by atoms with Crippen molar-refractivity contribution < 1.29 is 4.74 Å². The number of piperidine rings is 1. The topological polar surface area (TPSA) is 59.3 Å². The summed E-state index contributed by atoms with van der Waals surface area (Å²) >= 11 is 1.62. The number of nitrogens with zero attached hydrogens (tertiary/aromatic N) is 6. The molecule has 2 aromatic heterocycles. The molecule has 2 aliphatic heterocycles. The van der Waals surface area contributed by atoms with E-state index in [1.54, 1.807) is 11.3 Å². The second kappa shape index (κ2) is 6.78. The molecule has 130 valence electrons. The van der Waals surface area contributed by atoms with Gasteiger partial charge in [-0.3, -0.25) is 9.58 Å². The highest BCUT2D eigenvalue weighted by molar-refractivity contribution is 7.13. The van der Waals surface area contributed by atoms with E-state index in [-0.39, 0.29) is 5.41 Å². The van der Waals surface area contributed by atoms with Gasteiger partial charge in [-0.1, -0.05) is 11.3 Å². The molecular weight excluding hydrogens is 324 g/mol. The summed E-state index contributed by atoms with van der Waals surface area (Å²) in [6.07, 6.45) is 6.51. The Morgan fingerprint density at radius 2 is 2.29 bits per heavy atom. The van der Waals surface area contributed by atoms with Gasteiger partial charge in [0.05, 0.1) is 19.4 Å². The van der Waals surface area contributed by atoms with Gasteiger partial charge < -0.3 is 9.64 Å². The molecule has 0 saturated carbocycles. The highest BCUT2D eigenvalue weighted by atomic mass is 32.1. The maximum atomic E-state index is 5.99. The summed E-state index contributed by atoms with van der Waals surface area (Å²) in [5.74, 6) is 0. The lowest BCUT2D eigenvalue weighted by molar-refractivity contribution is 0.0106. The Labute approximate surface area is 146 Å². The number of rotatable bonds is 3. The third kappa shape index (κ3) is 3.45. The highest BCUT2D eigenvalue weighted by Crippen LogP contribution is 2.35. The zero-order valence-electron chi connectivity index (χ0n) is 14.1. The van der Waals surface area contributed by atoms with Crippen LogP contribution in [0.4, 0.5) is 5.13 Å². The number of hydrogen-bond acceptors (Lipinski definition) is 7. The normalized spacial score (nSPS) is 26.0. The fourth-order valence-corrected chi connectivity index (χ4v) is 4.55. The molecule has 0 amide bonds. The highest BCUT2D eigenvalue weighted by Gasteiger charge is 2.39. The van der Waals surface area contributed by atoms with E-state index in [0.717, 1.165) is 51.1 Å². The van der Waals surface area contributed by atoms with Crippen LogP contribution in [0, 0.1) is 5.41 Å². The van der Waals surface area contributed by atoms with E-state index in [4.69, 9.17) is 4.74 Å². The Morgan fingerprint density at radius 1 is 1.33 bits per heavy atom. The number of aryl methyl sites for hydroxylation is 1. The Morgan fingerprint density at radius 3 is 3.08 bits per heavy atom. The number of ether oxygens (including phenoxy) is 1. The lowest BCUT2D eigenvalue weighted by atomic mass is 9.80. The number of hydrogen-bond donors (Lipinski definition) is 0. The summed E-state index contributed by atoms with van der Waals surface area (Å²) < 4.78 is 7.87. The van der Waals surface area contributed by atoms with Crippen molar-refractivity contribution in [1.82, 2.24) is 24.9 Å². The first-order valence-electron chi connectivity index (χ1n) is 8.51. The molecule has 7 nitrogen and oxygen atoms in total. The molecule has 4 rings (SSSR count). The Kier molecular flexibility index (Phi) is 4.51. The minimum Gasteiger partial charge on any atom is -0.379 e. The van der Waals surface area contributed by atoms with Gasteiger partial charge in [-0.15, -0.1) is 10.2 Å². The molecule has 2 fully saturated rings. The van der Waals surface area contributed by atoms with Crippen LogP contribution in [0.25, 0.3) is 0 Å². The summed E-state index contributed by atoms with van der Waals surface area (Å²) in [7, 11) is 1.97. The molecule has 1 atom stereocenters. The SMILES string of the molecule is Cn1cc(CN2CCCC3(COCCN(c4nncs4)C3)C2)cn1. The van der Waals surface area contributed by atoms with E-state index in [9.17, 15) is 0 Å². The summed E-state index contributed by atoms with van der Waals surface area (Å²) in [6.45, 7) is 6.70. The molecule has 0 aromatic carbocycles. The predicted molar refractivity (Wildman–Crippen MR) is 93.1 cm³/mol. The molecule has 2 aliphatic rings. The van der Waals surface area contributed by atoms with Crippen LogP contribution in [0.1, 0.15) is 18.4 Å². The first kappa shape index (κ1) is 16.0. The quantitative estimate of drug-likeness (QED) is 0.835. The van der Waals surface area contributed by atoms with Crippen LogP contribution in [0.2, 0.25) is 0 Å². The lowest BCUT2D eigenvalue weighted by Gasteiger charge is -2.43. The molecule has 2 saturated heterocycles. The molecule has 8 heteroatoms. The molecule has 0 radical (unpaired) electrons. The van der Waals surface area contributed by atoms with Crippen molar-refractivity contribution in [2.45, 2.75) is 19.4 Å². The van der Waals surface area contributed by atoms with Gasteiger partial charge in [-0.25, -0.2) is 0 Å². The van der Waals surface area contributed by atoms with E-state index < -0.39 is 0 Å². The third-order valence-corrected chi connectivity index (χ3v) is 5.71. The van der Waals surface area contributed by atoms with Crippen molar-refractivity contribution in [3.8, 4) is 0 Å². The standard InChI is InChI=1S/C16H24N6OS/c1-20-8-14(7-18-20)9-21-4-2-3-16(10-21)11-22(5-6-23-12-16)15-19-17-13-24-15/h7-8,13H,2-6,9-12H2,1H3. The zero-order chi connectivity index (χ0) is 16.4. The van der Waals surface area contributed by atoms with Gasteiger partial charge in [-0.05, 0) is 19.4 Å². The molecular formula is C16H24N6OS. The third-order valence-electron chi connectivity index (χ3n) is 4.96. The zero-order valence-corrected chi connectivity index (χ0v) is 14.9. The van der Waals surface area contributed by atoms with Crippen LogP contribution < -0.4 is 4.90 Å². The minimum absolute atomic E-state index is 0.183. The summed E-state index contributed by atoms with van der Waals surface area (Å²) in [6, 6.07) is 0. The van der Waals surface area contributed by atoms with E-state index in [1.807, 2.05) is 23.4 Å². The van der Waals surface area contributed by atoms with Crippen molar-refractivity contribution in [1.29, 1.82) is 0 Å². The van der Waals surface area contributed by atoms with Crippen LogP contribution in [0.5, 0.6) is 0 Å². The van der Waals surface area contributed by atoms with Crippen molar-refractivity contribution in [2.24, 2.45) is 12.5 Å². The van der Waals surface area contributed by atoms with E-state index in [0.29, 0.717) is 0 Å². The second-order valence-electron chi connectivity index (χ2n) is 7.03. The van der Waals surface area contributed by atoms with Gasteiger partial charge in [0, 0.05) is 50.4 Å². The van der Waals surface area contributed by atoms with E-state index in [1.165, 1.54) is 18.4 Å². The molecule has 1 unspecified atom stereocenters. The van der Waals surface area contributed by atoms with Crippen molar-refractivity contribution in [3.63, 3.8) is 0 Å². The van der Waals surface area contributed by atoms with Crippen molar-refractivity contribution in [3.05, 3.63) is 23.5 Å². The smallest absolute Gasteiger partial charge is 0.208 e. The lowest BCUT2D eigenvalue weighted by Crippen LogP contribution is -2.50. The molecule has 0 bridgehead atoms. The van der Waals surface area contributed by atoms with Crippen LogP contribution in [-0.2, 0) is 18.3 Å². The molecule has 0 aliphatic carbocycles. The Hall–Kier alpha value is -1.51. The number of aromatic nitrogens is 4. The van der Waals surface area contributed by atoms with Gasteiger partial charge >= 0.3 is 0 Å². The second-order valence-corrected chi connectivity index (χ2v) is 7.84. The molecule has 2 aromatic rings. The predicted octanol–water partition coefficient (Wildman–Crippen LogP) is 1.39. The number of anilines is 1. The molecule has 0 N–H and O–H groups in total. The fourth-order valence-electron chi connectivity index (χ4n) is 3.96. The van der Waals surface area contributed by atoms with Gasteiger partial charge in [0.15, 0.2) is 0 Å². The van der Waals surface area contributed by atoms with E-state index in [2.05, 4.69) is 31.3 Å². The Balaban J connectivity index is 1.47.